The maximum absolute atomic E-state index is 13.2. The first-order valence-electron chi connectivity index (χ1n) is 8.26. The van der Waals surface area contributed by atoms with Crippen molar-refractivity contribution in [3.63, 3.8) is 0 Å². The standard InChI is InChI=1S/C19H21N3O2S2/c1-12-13(2)26-17-16(12)18(24)22(10-14-8-6-5-7-9-14)19(20-17)25-11-15(23)21(3)4/h5-9H,10-11H2,1-4H3. The van der Waals surface area contributed by atoms with Crippen LogP contribution in [0.15, 0.2) is 40.3 Å². The van der Waals surface area contributed by atoms with E-state index in [1.807, 2.05) is 44.2 Å². The van der Waals surface area contributed by atoms with Gasteiger partial charge in [-0.25, -0.2) is 4.98 Å². The number of thioether (sulfide) groups is 1. The lowest BCUT2D eigenvalue weighted by molar-refractivity contribution is -0.125. The molecule has 0 N–H and O–H groups in total. The second kappa shape index (κ2) is 7.63. The zero-order valence-electron chi connectivity index (χ0n) is 15.3. The van der Waals surface area contributed by atoms with Gasteiger partial charge in [-0.2, -0.15) is 0 Å². The molecule has 0 atom stereocenters. The van der Waals surface area contributed by atoms with Crippen LogP contribution in [-0.2, 0) is 11.3 Å². The average Bonchev–Trinajstić information content (AvgIpc) is 2.90. The van der Waals surface area contributed by atoms with E-state index in [1.165, 1.54) is 23.1 Å². The van der Waals surface area contributed by atoms with E-state index in [1.54, 1.807) is 23.6 Å². The van der Waals surface area contributed by atoms with Crippen molar-refractivity contribution >= 4 is 39.2 Å². The molecule has 5 nitrogen and oxygen atoms in total. The van der Waals surface area contributed by atoms with E-state index in [2.05, 4.69) is 0 Å². The number of aromatic nitrogens is 2. The molecule has 26 heavy (non-hydrogen) atoms. The molecular formula is C19H21N3O2S2. The molecule has 136 valence electrons. The number of nitrogens with zero attached hydrogens (tertiary/aromatic N) is 3. The summed E-state index contributed by atoms with van der Waals surface area (Å²) < 4.78 is 1.68. The number of amides is 1. The van der Waals surface area contributed by atoms with Crippen LogP contribution in [0.1, 0.15) is 16.0 Å². The predicted molar refractivity (Wildman–Crippen MR) is 108 cm³/mol. The first-order chi connectivity index (χ1) is 12.4. The van der Waals surface area contributed by atoms with Crippen LogP contribution in [-0.4, -0.2) is 40.2 Å². The Kier molecular flexibility index (Phi) is 5.48. The first-order valence-corrected chi connectivity index (χ1v) is 10.1. The first kappa shape index (κ1) is 18.7. The van der Waals surface area contributed by atoms with Gasteiger partial charge in [-0.1, -0.05) is 42.1 Å². The number of rotatable bonds is 5. The van der Waals surface area contributed by atoms with Crippen LogP contribution in [0.3, 0.4) is 0 Å². The minimum atomic E-state index is -0.0412. The molecule has 0 bridgehead atoms. The van der Waals surface area contributed by atoms with Gasteiger partial charge in [0.2, 0.25) is 5.91 Å². The number of carbonyl (C=O) groups is 1. The molecule has 7 heteroatoms. The van der Waals surface area contributed by atoms with Crippen molar-refractivity contribution in [1.29, 1.82) is 0 Å². The van der Waals surface area contributed by atoms with Crippen LogP contribution >= 0.6 is 23.1 Å². The van der Waals surface area contributed by atoms with Crippen molar-refractivity contribution in [2.45, 2.75) is 25.5 Å². The molecular weight excluding hydrogens is 366 g/mol. The molecule has 3 rings (SSSR count). The molecule has 3 aromatic rings. The minimum Gasteiger partial charge on any atom is -0.348 e. The quantitative estimate of drug-likeness (QED) is 0.498. The highest BCUT2D eigenvalue weighted by atomic mass is 32.2. The van der Waals surface area contributed by atoms with E-state index >= 15 is 0 Å². The molecule has 2 heterocycles. The molecule has 1 amide bonds. The number of fused-ring (bicyclic) bond motifs is 1. The van der Waals surface area contributed by atoms with Gasteiger partial charge in [0, 0.05) is 19.0 Å². The van der Waals surface area contributed by atoms with Crippen molar-refractivity contribution < 1.29 is 4.79 Å². The molecule has 0 aliphatic carbocycles. The summed E-state index contributed by atoms with van der Waals surface area (Å²) in [5.74, 6) is 0.248. The largest absolute Gasteiger partial charge is 0.348 e. The number of thiophene rings is 1. The van der Waals surface area contributed by atoms with Gasteiger partial charge in [0.15, 0.2) is 5.16 Å². The van der Waals surface area contributed by atoms with E-state index in [-0.39, 0.29) is 17.2 Å². The minimum absolute atomic E-state index is 0.00542. The Morgan fingerprint density at radius 2 is 1.92 bits per heavy atom. The lowest BCUT2D eigenvalue weighted by atomic mass is 10.2. The van der Waals surface area contributed by atoms with Gasteiger partial charge in [-0.05, 0) is 25.0 Å². The number of carbonyl (C=O) groups excluding carboxylic acids is 1. The summed E-state index contributed by atoms with van der Waals surface area (Å²) in [5, 5.41) is 1.27. The summed E-state index contributed by atoms with van der Waals surface area (Å²) in [5.41, 5.74) is 1.98. The van der Waals surface area contributed by atoms with Crippen molar-refractivity contribution in [2.24, 2.45) is 0 Å². The molecule has 0 radical (unpaired) electrons. The fourth-order valence-electron chi connectivity index (χ4n) is 2.58. The van der Waals surface area contributed by atoms with Crippen molar-refractivity contribution in [2.75, 3.05) is 19.8 Å². The second-order valence-corrected chi connectivity index (χ2v) is 8.46. The van der Waals surface area contributed by atoms with E-state index in [4.69, 9.17) is 4.98 Å². The van der Waals surface area contributed by atoms with E-state index in [9.17, 15) is 9.59 Å². The van der Waals surface area contributed by atoms with Gasteiger partial charge >= 0.3 is 0 Å². The predicted octanol–water partition coefficient (Wildman–Crippen LogP) is 3.30. The van der Waals surface area contributed by atoms with Crippen LogP contribution in [0.4, 0.5) is 0 Å². The van der Waals surface area contributed by atoms with Crippen LogP contribution in [0.25, 0.3) is 10.2 Å². The van der Waals surface area contributed by atoms with Gasteiger partial charge in [0.25, 0.3) is 5.56 Å². The zero-order valence-corrected chi connectivity index (χ0v) is 16.9. The Morgan fingerprint density at radius 1 is 1.23 bits per heavy atom. The topological polar surface area (TPSA) is 55.2 Å². The molecule has 0 fully saturated rings. The molecule has 0 aliphatic heterocycles. The highest BCUT2D eigenvalue weighted by Crippen LogP contribution is 2.28. The number of benzene rings is 1. The summed E-state index contributed by atoms with van der Waals surface area (Å²) in [6, 6.07) is 9.83. The molecule has 2 aromatic heterocycles. The van der Waals surface area contributed by atoms with Crippen LogP contribution in [0.2, 0.25) is 0 Å². The van der Waals surface area contributed by atoms with Crippen LogP contribution in [0, 0.1) is 13.8 Å². The Morgan fingerprint density at radius 3 is 2.58 bits per heavy atom. The van der Waals surface area contributed by atoms with Crippen molar-refractivity contribution in [3.8, 4) is 0 Å². The van der Waals surface area contributed by atoms with Gasteiger partial charge < -0.3 is 4.90 Å². The summed E-state index contributed by atoms with van der Waals surface area (Å²) in [4.78, 5) is 33.3. The maximum Gasteiger partial charge on any atom is 0.263 e. The van der Waals surface area contributed by atoms with Gasteiger partial charge in [-0.15, -0.1) is 11.3 Å². The molecule has 0 aliphatic rings. The smallest absolute Gasteiger partial charge is 0.263 e. The summed E-state index contributed by atoms with van der Waals surface area (Å²) in [7, 11) is 3.45. The van der Waals surface area contributed by atoms with Crippen molar-refractivity contribution in [3.05, 3.63) is 56.7 Å². The van der Waals surface area contributed by atoms with Crippen LogP contribution in [0.5, 0.6) is 0 Å². The summed E-state index contributed by atoms with van der Waals surface area (Å²) in [6.07, 6.45) is 0. The second-order valence-electron chi connectivity index (χ2n) is 6.31. The van der Waals surface area contributed by atoms with E-state index < -0.39 is 0 Å². The van der Waals surface area contributed by atoms with Crippen molar-refractivity contribution in [1.82, 2.24) is 14.5 Å². The van der Waals surface area contributed by atoms with Gasteiger partial charge in [0.1, 0.15) is 4.83 Å². The SMILES string of the molecule is Cc1sc2nc(SCC(=O)N(C)C)n(Cc3ccccc3)c(=O)c2c1C. The Balaban J connectivity index is 2.09. The average molecular weight is 388 g/mol. The van der Waals surface area contributed by atoms with E-state index in [0.717, 1.165) is 20.8 Å². The van der Waals surface area contributed by atoms with Gasteiger partial charge in [-0.3, -0.25) is 14.2 Å². The third-order valence-electron chi connectivity index (χ3n) is 4.26. The number of hydrogen-bond acceptors (Lipinski definition) is 5. The third kappa shape index (κ3) is 3.68. The fourth-order valence-corrected chi connectivity index (χ4v) is 4.63. The Bertz CT molecular complexity index is 1010. The molecule has 0 saturated carbocycles. The highest BCUT2D eigenvalue weighted by Gasteiger charge is 2.18. The lowest BCUT2D eigenvalue weighted by Crippen LogP contribution is -2.26. The summed E-state index contributed by atoms with van der Waals surface area (Å²) >= 11 is 2.84. The maximum atomic E-state index is 13.2. The molecule has 1 aromatic carbocycles. The lowest BCUT2D eigenvalue weighted by Gasteiger charge is -2.14. The third-order valence-corrected chi connectivity index (χ3v) is 6.32. The molecule has 0 spiro atoms. The zero-order chi connectivity index (χ0) is 18.8. The fraction of sp³-hybridized carbons (Fsp3) is 0.316. The molecule has 0 saturated heterocycles. The number of aryl methyl sites for hydroxylation is 2. The highest BCUT2D eigenvalue weighted by molar-refractivity contribution is 7.99. The normalized spacial score (nSPS) is 11.1. The van der Waals surface area contributed by atoms with Crippen LogP contribution < -0.4 is 5.56 Å². The monoisotopic (exact) mass is 387 g/mol. The van der Waals surface area contributed by atoms with Gasteiger partial charge in [0.05, 0.1) is 17.7 Å². The Labute approximate surface area is 160 Å². The van der Waals surface area contributed by atoms with E-state index in [0.29, 0.717) is 17.1 Å². The Hall–Kier alpha value is -2.12. The number of hydrogen-bond donors (Lipinski definition) is 0. The summed E-state index contributed by atoms with van der Waals surface area (Å²) in [6.45, 7) is 4.41. The molecule has 0 unspecified atom stereocenters.